The Morgan fingerprint density at radius 1 is 1.21 bits per heavy atom. The first-order valence-electron chi connectivity index (χ1n) is 5.33. The fourth-order valence-corrected chi connectivity index (χ4v) is 2.01. The second kappa shape index (κ2) is 5.08. The molecule has 0 saturated carbocycles. The zero-order valence-corrected chi connectivity index (χ0v) is 11.9. The molecule has 1 unspecified atom stereocenters. The van der Waals surface area contributed by atoms with Gasteiger partial charge in [0.05, 0.1) is 14.2 Å². The van der Waals surface area contributed by atoms with Crippen LogP contribution in [0.4, 0.5) is 0 Å². The van der Waals surface area contributed by atoms with Crippen molar-refractivity contribution >= 4 is 27.9 Å². The van der Waals surface area contributed by atoms with Crippen molar-refractivity contribution in [1.82, 2.24) is 0 Å². The van der Waals surface area contributed by atoms with Gasteiger partial charge in [-0.2, -0.15) is 0 Å². The number of carbonyl (C=O) groups excluding carboxylic acids is 2. The van der Waals surface area contributed by atoms with Gasteiger partial charge < -0.3 is 18.9 Å². The molecule has 0 aliphatic carbocycles. The molecule has 0 radical (unpaired) electrons. The number of ether oxygens (including phenoxy) is 4. The molecular formula is C12H11BrO6. The second-order valence-electron chi connectivity index (χ2n) is 3.79. The van der Waals surface area contributed by atoms with Crippen LogP contribution in [0.5, 0.6) is 11.5 Å². The number of benzene rings is 1. The summed E-state index contributed by atoms with van der Waals surface area (Å²) in [7, 11) is 2.40. The SMILES string of the molecule is COC(=O)CC1(C(=O)OC)Oc2ccc(Br)cc2O1. The molecule has 1 heterocycles. The lowest BCUT2D eigenvalue weighted by atomic mass is 10.2. The quantitative estimate of drug-likeness (QED) is 0.785. The van der Waals surface area contributed by atoms with E-state index in [2.05, 4.69) is 25.4 Å². The molecule has 2 rings (SSSR count). The van der Waals surface area contributed by atoms with Gasteiger partial charge in [0.2, 0.25) is 0 Å². The summed E-state index contributed by atoms with van der Waals surface area (Å²) < 4.78 is 20.9. The van der Waals surface area contributed by atoms with E-state index in [0.29, 0.717) is 11.5 Å². The summed E-state index contributed by atoms with van der Waals surface area (Å²) in [5, 5.41) is 0. The number of fused-ring (bicyclic) bond motifs is 1. The molecule has 6 nitrogen and oxygen atoms in total. The average molecular weight is 331 g/mol. The highest BCUT2D eigenvalue weighted by molar-refractivity contribution is 9.10. The standard InChI is InChI=1S/C12H11BrO6/c1-16-10(14)6-12(11(15)17-2)18-8-4-3-7(13)5-9(8)19-12/h3-5H,6H2,1-2H3. The van der Waals surface area contributed by atoms with Crippen molar-refractivity contribution in [3.8, 4) is 11.5 Å². The van der Waals surface area contributed by atoms with Crippen LogP contribution in [0.2, 0.25) is 0 Å². The summed E-state index contributed by atoms with van der Waals surface area (Å²) in [6, 6.07) is 4.99. The Bertz CT molecular complexity index is 529. The summed E-state index contributed by atoms with van der Waals surface area (Å²) in [6.45, 7) is 0. The van der Waals surface area contributed by atoms with Crippen molar-refractivity contribution in [3.05, 3.63) is 22.7 Å². The maximum absolute atomic E-state index is 11.8. The second-order valence-corrected chi connectivity index (χ2v) is 4.71. The number of halogens is 1. The summed E-state index contributed by atoms with van der Waals surface area (Å²) in [5.41, 5.74) is 0. The molecular weight excluding hydrogens is 320 g/mol. The van der Waals surface area contributed by atoms with Gasteiger partial charge in [0.25, 0.3) is 0 Å². The third-order valence-corrected chi connectivity index (χ3v) is 3.05. The maximum atomic E-state index is 11.8. The number of methoxy groups -OCH3 is 2. The van der Waals surface area contributed by atoms with Crippen molar-refractivity contribution in [3.63, 3.8) is 0 Å². The van der Waals surface area contributed by atoms with Gasteiger partial charge in [0.1, 0.15) is 6.42 Å². The molecule has 19 heavy (non-hydrogen) atoms. The molecule has 0 fully saturated rings. The Balaban J connectivity index is 2.33. The minimum absolute atomic E-state index is 0.351. The van der Waals surface area contributed by atoms with Gasteiger partial charge in [-0.15, -0.1) is 0 Å². The van der Waals surface area contributed by atoms with E-state index >= 15 is 0 Å². The van der Waals surface area contributed by atoms with Crippen LogP contribution in [0, 0.1) is 0 Å². The van der Waals surface area contributed by atoms with E-state index in [1.807, 2.05) is 0 Å². The fraction of sp³-hybridized carbons (Fsp3) is 0.333. The Morgan fingerprint density at radius 3 is 2.53 bits per heavy atom. The monoisotopic (exact) mass is 330 g/mol. The molecule has 0 aromatic heterocycles. The van der Waals surface area contributed by atoms with E-state index in [-0.39, 0.29) is 0 Å². The van der Waals surface area contributed by atoms with Crippen molar-refractivity contribution in [2.45, 2.75) is 12.2 Å². The Labute approximate surface area is 117 Å². The van der Waals surface area contributed by atoms with E-state index in [1.54, 1.807) is 18.2 Å². The van der Waals surface area contributed by atoms with Crippen LogP contribution >= 0.6 is 15.9 Å². The topological polar surface area (TPSA) is 71.1 Å². The Kier molecular flexibility index (Phi) is 3.66. The van der Waals surface area contributed by atoms with Crippen LogP contribution in [0.15, 0.2) is 22.7 Å². The molecule has 1 aromatic carbocycles. The minimum Gasteiger partial charge on any atom is -0.469 e. The molecule has 0 amide bonds. The fourth-order valence-electron chi connectivity index (χ4n) is 1.67. The molecule has 0 N–H and O–H groups in total. The van der Waals surface area contributed by atoms with E-state index in [9.17, 15) is 9.59 Å². The molecule has 1 aliphatic heterocycles. The molecule has 1 aliphatic rings. The highest BCUT2D eigenvalue weighted by Gasteiger charge is 2.52. The number of carbonyl (C=O) groups is 2. The normalized spacial score (nSPS) is 19.9. The van der Waals surface area contributed by atoms with Crippen molar-refractivity contribution in [1.29, 1.82) is 0 Å². The Morgan fingerprint density at radius 2 is 1.89 bits per heavy atom. The van der Waals surface area contributed by atoms with Crippen LogP contribution in [0.1, 0.15) is 6.42 Å². The molecule has 0 saturated heterocycles. The number of esters is 2. The summed E-state index contributed by atoms with van der Waals surface area (Å²) in [4.78, 5) is 23.3. The van der Waals surface area contributed by atoms with Gasteiger partial charge in [-0.1, -0.05) is 15.9 Å². The predicted molar refractivity (Wildman–Crippen MR) is 66.8 cm³/mol. The van der Waals surface area contributed by atoms with Gasteiger partial charge in [-0.05, 0) is 18.2 Å². The van der Waals surface area contributed by atoms with E-state index in [4.69, 9.17) is 9.47 Å². The van der Waals surface area contributed by atoms with Gasteiger partial charge in [-0.25, -0.2) is 4.79 Å². The van der Waals surface area contributed by atoms with Crippen molar-refractivity contribution in [2.24, 2.45) is 0 Å². The average Bonchev–Trinajstić information content (AvgIpc) is 2.75. The molecule has 7 heteroatoms. The number of hydrogen-bond acceptors (Lipinski definition) is 6. The first kappa shape index (κ1) is 13.7. The zero-order valence-electron chi connectivity index (χ0n) is 10.3. The Hall–Kier alpha value is -1.76. The summed E-state index contributed by atoms with van der Waals surface area (Å²) in [5.74, 6) is -2.56. The molecule has 0 bridgehead atoms. The highest BCUT2D eigenvalue weighted by atomic mass is 79.9. The van der Waals surface area contributed by atoms with Gasteiger partial charge in [0, 0.05) is 4.47 Å². The van der Waals surface area contributed by atoms with Crippen LogP contribution in [0.3, 0.4) is 0 Å². The number of rotatable bonds is 3. The largest absolute Gasteiger partial charge is 0.469 e. The highest BCUT2D eigenvalue weighted by Crippen LogP contribution is 2.42. The third kappa shape index (κ3) is 2.51. The smallest absolute Gasteiger partial charge is 0.393 e. The lowest BCUT2D eigenvalue weighted by molar-refractivity contribution is -0.187. The first-order valence-corrected chi connectivity index (χ1v) is 6.13. The summed E-state index contributed by atoms with van der Waals surface area (Å²) >= 11 is 3.28. The van der Waals surface area contributed by atoms with Crippen molar-refractivity contribution < 1.29 is 28.5 Å². The van der Waals surface area contributed by atoms with Crippen LogP contribution in [0.25, 0.3) is 0 Å². The third-order valence-electron chi connectivity index (χ3n) is 2.56. The van der Waals surface area contributed by atoms with Gasteiger partial charge in [-0.3, -0.25) is 4.79 Å². The lowest BCUT2D eigenvalue weighted by Crippen LogP contribution is -2.49. The summed E-state index contributed by atoms with van der Waals surface area (Å²) in [6.07, 6.45) is -0.400. The maximum Gasteiger partial charge on any atom is 0.393 e. The number of hydrogen-bond donors (Lipinski definition) is 0. The van der Waals surface area contributed by atoms with Crippen LogP contribution < -0.4 is 9.47 Å². The van der Waals surface area contributed by atoms with Gasteiger partial charge in [0.15, 0.2) is 11.5 Å². The molecule has 0 spiro atoms. The van der Waals surface area contributed by atoms with E-state index < -0.39 is 24.1 Å². The minimum atomic E-state index is -1.83. The van der Waals surface area contributed by atoms with Crippen molar-refractivity contribution in [2.75, 3.05) is 14.2 Å². The van der Waals surface area contributed by atoms with Crippen LogP contribution in [-0.4, -0.2) is 31.9 Å². The van der Waals surface area contributed by atoms with E-state index in [0.717, 1.165) is 4.47 Å². The van der Waals surface area contributed by atoms with Gasteiger partial charge >= 0.3 is 17.7 Å². The lowest BCUT2D eigenvalue weighted by Gasteiger charge is -2.23. The van der Waals surface area contributed by atoms with Crippen LogP contribution in [-0.2, 0) is 19.1 Å². The zero-order chi connectivity index (χ0) is 14.0. The molecule has 102 valence electrons. The molecule has 1 aromatic rings. The molecule has 1 atom stereocenters. The van der Waals surface area contributed by atoms with E-state index in [1.165, 1.54) is 14.2 Å². The predicted octanol–water partition coefficient (Wildman–Crippen LogP) is 1.65. The first-order chi connectivity index (χ1) is 9.00.